The maximum Gasteiger partial charge on any atom is 1.00 e. The SMILES string of the molecule is NN(c1ccc(C(=O)[O-])cc1)[N+](=O)[O-].[Na+]. The molecule has 0 aliphatic carbocycles. The molecule has 1 aromatic rings. The predicted octanol–water partition coefficient (Wildman–Crippen LogP) is -4.07. The van der Waals surface area contributed by atoms with Crippen LogP contribution in [0.3, 0.4) is 0 Å². The second-order valence-corrected chi connectivity index (χ2v) is 2.42. The summed E-state index contributed by atoms with van der Waals surface area (Å²) in [4.78, 5) is 20.5. The van der Waals surface area contributed by atoms with E-state index in [1.807, 2.05) is 0 Å². The van der Waals surface area contributed by atoms with Gasteiger partial charge in [-0.15, -0.1) is 0 Å². The van der Waals surface area contributed by atoms with Gasteiger partial charge in [-0.2, -0.15) is 5.84 Å². The summed E-state index contributed by atoms with van der Waals surface area (Å²) in [5.74, 6) is 3.69. The summed E-state index contributed by atoms with van der Waals surface area (Å²) in [6, 6.07) is 4.78. The molecule has 0 aromatic heterocycles. The van der Waals surface area contributed by atoms with Crippen LogP contribution in [-0.2, 0) is 0 Å². The van der Waals surface area contributed by atoms with E-state index in [-0.39, 0.29) is 40.8 Å². The summed E-state index contributed by atoms with van der Waals surface area (Å²) >= 11 is 0. The van der Waals surface area contributed by atoms with E-state index in [1.54, 1.807) is 0 Å². The third-order valence-electron chi connectivity index (χ3n) is 1.54. The number of hydrogen-bond donors (Lipinski definition) is 1. The largest absolute Gasteiger partial charge is 1.00 e. The minimum Gasteiger partial charge on any atom is -0.545 e. The average molecular weight is 219 g/mol. The summed E-state index contributed by atoms with van der Waals surface area (Å²) < 4.78 is 0. The Morgan fingerprint density at radius 2 is 1.80 bits per heavy atom. The Hall–Kier alpha value is -1.15. The van der Waals surface area contributed by atoms with E-state index in [2.05, 4.69) is 0 Å². The minimum atomic E-state index is -1.35. The number of carboxylic acids is 1. The van der Waals surface area contributed by atoms with E-state index in [1.165, 1.54) is 24.3 Å². The van der Waals surface area contributed by atoms with Crippen molar-refractivity contribution in [3.8, 4) is 0 Å². The minimum absolute atomic E-state index is 0. The first-order valence-corrected chi connectivity index (χ1v) is 3.53. The Balaban J connectivity index is 0.00000196. The van der Waals surface area contributed by atoms with Gasteiger partial charge >= 0.3 is 29.6 Å². The molecular weight excluding hydrogens is 213 g/mol. The van der Waals surface area contributed by atoms with E-state index in [9.17, 15) is 20.0 Å². The quantitative estimate of drug-likeness (QED) is 0.239. The van der Waals surface area contributed by atoms with Gasteiger partial charge in [0, 0.05) is 0 Å². The maximum atomic E-state index is 10.3. The molecule has 1 rings (SSSR count). The van der Waals surface area contributed by atoms with Gasteiger partial charge in [0.15, 0.2) is 5.03 Å². The zero-order valence-electron chi connectivity index (χ0n) is 7.91. The molecule has 0 unspecified atom stereocenters. The van der Waals surface area contributed by atoms with Crippen LogP contribution < -0.4 is 45.6 Å². The van der Waals surface area contributed by atoms with Crippen molar-refractivity contribution in [3.63, 3.8) is 0 Å². The molecule has 0 heterocycles. The van der Waals surface area contributed by atoms with Gasteiger partial charge in [0.1, 0.15) is 5.69 Å². The molecule has 1 aromatic carbocycles. The van der Waals surface area contributed by atoms with Crippen LogP contribution >= 0.6 is 0 Å². The van der Waals surface area contributed by atoms with Gasteiger partial charge < -0.3 is 9.90 Å². The second kappa shape index (κ2) is 5.66. The topological polar surface area (TPSA) is 113 Å². The Bertz CT molecular complexity index is 367. The van der Waals surface area contributed by atoms with Gasteiger partial charge in [-0.05, 0) is 22.8 Å². The van der Waals surface area contributed by atoms with Crippen LogP contribution in [0.1, 0.15) is 10.4 Å². The molecule has 15 heavy (non-hydrogen) atoms. The number of hydrazine groups is 2. The summed E-state index contributed by atoms with van der Waals surface area (Å²) in [6.45, 7) is 0. The molecule has 8 heteroatoms. The molecule has 0 fully saturated rings. The molecule has 0 bridgehead atoms. The van der Waals surface area contributed by atoms with Gasteiger partial charge in [-0.1, -0.05) is 12.1 Å². The van der Waals surface area contributed by atoms with Crippen LogP contribution in [0.5, 0.6) is 0 Å². The van der Waals surface area contributed by atoms with E-state index in [0.29, 0.717) is 5.12 Å². The first kappa shape index (κ1) is 13.8. The van der Waals surface area contributed by atoms with Crippen LogP contribution in [0.2, 0.25) is 0 Å². The van der Waals surface area contributed by atoms with Crippen LogP contribution in [-0.4, -0.2) is 11.0 Å². The van der Waals surface area contributed by atoms with E-state index >= 15 is 0 Å². The second-order valence-electron chi connectivity index (χ2n) is 2.42. The molecule has 0 atom stereocenters. The van der Waals surface area contributed by atoms with Crippen LogP contribution in [0.15, 0.2) is 24.3 Å². The van der Waals surface area contributed by atoms with Crippen molar-refractivity contribution in [1.29, 1.82) is 0 Å². The van der Waals surface area contributed by atoms with Gasteiger partial charge in [-0.25, -0.2) is 10.1 Å². The fourth-order valence-electron chi connectivity index (χ4n) is 0.845. The van der Waals surface area contributed by atoms with Crippen molar-refractivity contribution in [2.45, 2.75) is 0 Å². The number of rotatable bonds is 3. The molecule has 7 nitrogen and oxygen atoms in total. The fourth-order valence-corrected chi connectivity index (χ4v) is 0.845. The van der Waals surface area contributed by atoms with Crippen molar-refractivity contribution in [1.82, 2.24) is 0 Å². The zero-order valence-corrected chi connectivity index (χ0v) is 9.91. The third-order valence-corrected chi connectivity index (χ3v) is 1.54. The third kappa shape index (κ3) is 3.48. The Morgan fingerprint density at radius 3 is 2.13 bits per heavy atom. The van der Waals surface area contributed by atoms with Crippen molar-refractivity contribution in [3.05, 3.63) is 39.9 Å². The van der Waals surface area contributed by atoms with E-state index in [4.69, 9.17) is 5.84 Å². The Morgan fingerprint density at radius 1 is 1.33 bits per heavy atom. The fraction of sp³-hybridized carbons (Fsp3) is 0. The zero-order chi connectivity index (χ0) is 10.7. The van der Waals surface area contributed by atoms with Crippen molar-refractivity contribution < 1.29 is 44.5 Å². The number of nitrogens with two attached hydrogens (primary N) is 1. The van der Waals surface area contributed by atoms with Gasteiger partial charge in [-0.3, -0.25) is 0 Å². The van der Waals surface area contributed by atoms with Crippen molar-refractivity contribution >= 4 is 11.7 Å². The number of nitro groups is 1. The first-order valence-electron chi connectivity index (χ1n) is 3.53. The molecule has 74 valence electrons. The van der Waals surface area contributed by atoms with Gasteiger partial charge in [0.05, 0.1) is 5.97 Å². The summed E-state index contributed by atoms with van der Waals surface area (Å²) in [5, 5.41) is 20.0. The molecule has 0 amide bonds. The Labute approximate surface area is 107 Å². The number of nitrogens with zero attached hydrogens (tertiary/aromatic N) is 2. The van der Waals surface area contributed by atoms with E-state index in [0.717, 1.165) is 0 Å². The first-order chi connectivity index (χ1) is 6.52. The number of anilines is 1. The van der Waals surface area contributed by atoms with Crippen LogP contribution in [0, 0.1) is 10.1 Å². The summed E-state index contributed by atoms with van der Waals surface area (Å²) in [7, 11) is 0. The Kier molecular flexibility index (Phi) is 5.23. The van der Waals surface area contributed by atoms with E-state index < -0.39 is 11.0 Å². The maximum absolute atomic E-state index is 10.3. The number of carbonyl (C=O) groups excluding carboxylic acids is 1. The average Bonchev–Trinajstić information content (AvgIpc) is 2.16. The van der Waals surface area contributed by atoms with Crippen LogP contribution in [0.4, 0.5) is 5.69 Å². The summed E-state index contributed by atoms with van der Waals surface area (Å²) in [6.07, 6.45) is 0. The van der Waals surface area contributed by atoms with Gasteiger partial charge in [0.2, 0.25) is 0 Å². The molecule has 0 saturated carbocycles. The van der Waals surface area contributed by atoms with Gasteiger partial charge in [0.25, 0.3) is 0 Å². The predicted molar refractivity (Wildman–Crippen MR) is 44.4 cm³/mol. The number of carbonyl (C=O) groups is 1. The monoisotopic (exact) mass is 219 g/mol. The van der Waals surface area contributed by atoms with Crippen molar-refractivity contribution in [2.75, 3.05) is 5.12 Å². The standard InChI is InChI=1S/C7H7N3O4.Na/c8-9(10(13)14)6-3-1-5(2-4-6)7(11)12;/h1-4H,8H2,(H,11,12);/q;+1/p-1. The smallest absolute Gasteiger partial charge is 0.545 e. The molecule has 0 aliphatic heterocycles. The number of hydrogen-bond acceptors (Lipinski definition) is 5. The molecule has 0 saturated heterocycles. The molecule has 2 N–H and O–H groups in total. The molecule has 0 spiro atoms. The molecule has 0 radical (unpaired) electrons. The molecule has 0 aliphatic rings. The molecular formula is C7H6N3NaO4. The van der Waals surface area contributed by atoms with Crippen LogP contribution in [0.25, 0.3) is 0 Å². The number of benzene rings is 1. The van der Waals surface area contributed by atoms with Crippen molar-refractivity contribution in [2.24, 2.45) is 5.84 Å². The number of aromatic carboxylic acids is 1. The summed E-state index contributed by atoms with van der Waals surface area (Å²) in [5.41, 5.74) is 0.0190. The number of carboxylic acid groups (broad SMARTS) is 1. The normalized spacial score (nSPS) is 8.87.